The van der Waals surface area contributed by atoms with Crippen molar-refractivity contribution in [1.82, 2.24) is 10.6 Å². The second kappa shape index (κ2) is 11.8. The quantitative estimate of drug-likeness (QED) is 0.388. The first kappa shape index (κ1) is 23.3. The molecule has 2 heterocycles. The van der Waals surface area contributed by atoms with Crippen molar-refractivity contribution >= 4 is 26.0 Å². The highest BCUT2D eigenvalue weighted by atomic mass is 32.3. The van der Waals surface area contributed by atoms with Crippen LogP contribution in [0.15, 0.2) is 0 Å². The Hall–Kier alpha value is -0.670. The molecular weight excluding hydrogens is 368 g/mol. The smallest absolute Gasteiger partial charge is 0.292 e. The van der Waals surface area contributed by atoms with E-state index in [9.17, 15) is 21.6 Å². The molecule has 0 saturated carbocycles. The maximum absolute atomic E-state index is 10.4. The van der Waals surface area contributed by atoms with Crippen LogP contribution in [0.2, 0.25) is 0 Å². The Bertz CT molecular complexity index is 487. The van der Waals surface area contributed by atoms with Gasteiger partial charge < -0.3 is 20.1 Å². The summed E-state index contributed by atoms with van der Waals surface area (Å²) in [5, 5.41) is 6.32. The minimum absolute atomic E-state index is 0.617. The van der Waals surface area contributed by atoms with E-state index in [0.29, 0.717) is 6.92 Å². The Kier molecular flexibility index (Phi) is 11.5. The molecular formula is C11H24N2O9S2. The largest absolute Gasteiger partial charge is 0.379 e. The first-order valence-electron chi connectivity index (χ1n) is 7.06. The van der Waals surface area contributed by atoms with Gasteiger partial charge in [0.1, 0.15) is 0 Å². The van der Waals surface area contributed by atoms with Crippen molar-refractivity contribution in [2.24, 2.45) is 0 Å². The van der Waals surface area contributed by atoms with Crippen LogP contribution in [0.3, 0.4) is 0 Å². The molecule has 0 aromatic heterocycles. The number of nitrogens with one attached hydrogen (secondary N) is 2. The van der Waals surface area contributed by atoms with Gasteiger partial charge in [-0.2, -0.15) is 16.8 Å². The third kappa shape index (κ3) is 11.8. The zero-order valence-corrected chi connectivity index (χ0v) is 14.9. The van der Waals surface area contributed by atoms with Gasteiger partial charge >= 0.3 is 0 Å². The number of ether oxygens (including phenoxy) is 2. The molecule has 2 rings (SSSR count). The van der Waals surface area contributed by atoms with Crippen LogP contribution < -0.4 is 10.6 Å². The van der Waals surface area contributed by atoms with E-state index in [-0.39, 0.29) is 0 Å². The lowest BCUT2D eigenvalue weighted by atomic mass is 10.5. The Morgan fingerprint density at radius 3 is 1.17 bits per heavy atom. The maximum atomic E-state index is 10.4. The molecule has 4 N–H and O–H groups in total. The Morgan fingerprint density at radius 2 is 1.12 bits per heavy atom. The second-order valence-electron chi connectivity index (χ2n) is 4.70. The summed E-state index contributed by atoms with van der Waals surface area (Å²) in [5.74, 6) is -1.37. The summed E-state index contributed by atoms with van der Waals surface area (Å²) < 4.78 is 64.5. The average molecular weight is 392 g/mol. The normalized spacial score (nSPS) is 18.7. The lowest BCUT2D eigenvalue weighted by Crippen LogP contribution is -2.35. The van der Waals surface area contributed by atoms with Gasteiger partial charge in [-0.1, -0.05) is 0 Å². The van der Waals surface area contributed by atoms with Crippen molar-refractivity contribution in [1.29, 1.82) is 0 Å². The number of carbonyl (C=O) groups excluding carboxylic acids is 1. The maximum Gasteiger partial charge on any atom is 0.292 e. The molecule has 0 atom stereocenters. The van der Waals surface area contributed by atoms with E-state index in [1.165, 1.54) is 0 Å². The Balaban J connectivity index is 0.000000364. The second-order valence-corrected chi connectivity index (χ2v) is 8.00. The standard InChI is InChI=1S/2C4H9NO.C3H6O7S2/c2*1-3-6-4-2-5-1;1-2(4)3(11(5,6)7)12(8,9)10/h2*5H,1-4H2;3H,1H3,(H,5,6,7)(H,8,9,10). The number of ketones is 1. The van der Waals surface area contributed by atoms with E-state index in [2.05, 4.69) is 10.6 Å². The van der Waals surface area contributed by atoms with Crippen LogP contribution >= 0.6 is 0 Å². The van der Waals surface area contributed by atoms with Gasteiger partial charge in [0.05, 0.1) is 26.4 Å². The summed E-state index contributed by atoms with van der Waals surface area (Å²) in [6.07, 6.45) is 0. The molecule has 2 saturated heterocycles. The van der Waals surface area contributed by atoms with Crippen LogP contribution in [-0.4, -0.2) is 88.9 Å². The van der Waals surface area contributed by atoms with Gasteiger partial charge in [-0.05, 0) is 6.92 Å². The predicted octanol–water partition coefficient (Wildman–Crippen LogP) is -2.11. The lowest BCUT2D eigenvalue weighted by molar-refractivity contribution is -0.115. The van der Waals surface area contributed by atoms with Gasteiger partial charge in [-0.3, -0.25) is 13.9 Å². The van der Waals surface area contributed by atoms with Crippen LogP contribution in [0.5, 0.6) is 0 Å². The molecule has 0 bridgehead atoms. The molecule has 0 unspecified atom stereocenters. The zero-order valence-electron chi connectivity index (χ0n) is 13.3. The van der Waals surface area contributed by atoms with Crippen LogP contribution in [0.4, 0.5) is 0 Å². The molecule has 24 heavy (non-hydrogen) atoms. The molecule has 0 aromatic carbocycles. The third-order valence-electron chi connectivity index (χ3n) is 2.57. The monoisotopic (exact) mass is 392 g/mol. The predicted molar refractivity (Wildman–Crippen MR) is 84.9 cm³/mol. The van der Waals surface area contributed by atoms with Gasteiger partial charge in [0, 0.05) is 26.2 Å². The summed E-state index contributed by atoms with van der Waals surface area (Å²) in [4.78, 5) is 10.4. The highest BCUT2D eigenvalue weighted by Crippen LogP contribution is 2.07. The van der Waals surface area contributed by atoms with Crippen molar-refractivity contribution in [2.75, 3.05) is 52.6 Å². The number of rotatable bonds is 3. The molecule has 0 radical (unpaired) electrons. The van der Waals surface area contributed by atoms with E-state index in [1.807, 2.05) is 0 Å². The zero-order chi connectivity index (χ0) is 18.6. The fourth-order valence-corrected chi connectivity index (χ4v) is 3.67. The van der Waals surface area contributed by atoms with E-state index < -0.39 is 30.6 Å². The number of hydrogen-bond donors (Lipinski definition) is 4. The molecule has 2 fully saturated rings. The summed E-state index contributed by atoms with van der Waals surface area (Å²) in [7, 11) is -10.2. The fraction of sp³-hybridized carbons (Fsp3) is 0.909. The van der Waals surface area contributed by atoms with Crippen molar-refractivity contribution in [3.63, 3.8) is 0 Å². The number of morpholine rings is 2. The summed E-state index contributed by atoms with van der Waals surface area (Å²) in [6, 6.07) is 0. The topological polar surface area (TPSA) is 168 Å². The minimum atomic E-state index is -5.11. The highest BCUT2D eigenvalue weighted by Gasteiger charge is 2.39. The van der Waals surface area contributed by atoms with Crippen LogP contribution in [0.1, 0.15) is 6.92 Å². The van der Waals surface area contributed by atoms with Crippen LogP contribution in [0.25, 0.3) is 0 Å². The van der Waals surface area contributed by atoms with E-state index >= 15 is 0 Å². The molecule has 0 aliphatic carbocycles. The molecule has 2 aliphatic heterocycles. The SMILES string of the molecule is C1COCCN1.C1COCCN1.CC(=O)C(S(=O)(=O)O)S(=O)(=O)O. The van der Waals surface area contributed by atoms with Crippen LogP contribution in [-0.2, 0) is 34.5 Å². The minimum Gasteiger partial charge on any atom is -0.379 e. The van der Waals surface area contributed by atoms with Crippen LogP contribution in [0, 0.1) is 0 Å². The van der Waals surface area contributed by atoms with Gasteiger partial charge in [0.25, 0.3) is 24.8 Å². The van der Waals surface area contributed by atoms with Gasteiger partial charge in [0.2, 0.25) is 0 Å². The average Bonchev–Trinajstić information content (AvgIpc) is 2.48. The van der Waals surface area contributed by atoms with Crippen molar-refractivity contribution < 1.29 is 40.2 Å². The van der Waals surface area contributed by atoms with Crippen molar-refractivity contribution in [2.45, 2.75) is 11.5 Å². The van der Waals surface area contributed by atoms with Gasteiger partial charge in [-0.25, -0.2) is 0 Å². The fourth-order valence-electron chi connectivity index (χ4n) is 1.60. The van der Waals surface area contributed by atoms with Crippen molar-refractivity contribution in [3.8, 4) is 0 Å². The number of Topliss-reactive ketones (excluding diaryl/α,β-unsaturated/α-hetero) is 1. The van der Waals surface area contributed by atoms with E-state index in [4.69, 9.17) is 18.6 Å². The summed E-state index contributed by atoms with van der Waals surface area (Å²) >= 11 is 0. The molecule has 0 spiro atoms. The Labute approximate surface area is 141 Å². The summed E-state index contributed by atoms with van der Waals surface area (Å²) in [5.41, 5.74) is 0. The number of carbonyl (C=O) groups is 1. The highest BCUT2D eigenvalue weighted by molar-refractivity contribution is 8.05. The van der Waals surface area contributed by atoms with Crippen molar-refractivity contribution in [3.05, 3.63) is 0 Å². The third-order valence-corrected chi connectivity index (χ3v) is 5.77. The summed E-state index contributed by atoms with van der Waals surface area (Å²) in [6.45, 7) is 8.28. The van der Waals surface area contributed by atoms with Gasteiger partial charge in [-0.15, -0.1) is 0 Å². The first-order chi connectivity index (χ1) is 11.1. The molecule has 0 amide bonds. The molecule has 13 heteroatoms. The van der Waals surface area contributed by atoms with E-state index in [1.54, 1.807) is 0 Å². The molecule has 144 valence electrons. The van der Waals surface area contributed by atoms with E-state index in [0.717, 1.165) is 52.6 Å². The number of hydrogen-bond acceptors (Lipinski definition) is 9. The molecule has 0 aromatic rings. The first-order valence-corrected chi connectivity index (χ1v) is 10.1. The Morgan fingerprint density at radius 1 is 0.833 bits per heavy atom. The molecule has 2 aliphatic rings. The lowest BCUT2D eigenvalue weighted by Gasteiger charge is -2.10. The van der Waals surface area contributed by atoms with Gasteiger partial charge in [0.15, 0.2) is 5.78 Å². The molecule has 11 nitrogen and oxygen atoms in total.